The number of piperazine rings is 1. The lowest BCUT2D eigenvalue weighted by Gasteiger charge is -2.35. The Morgan fingerprint density at radius 2 is 2.33 bits per heavy atom. The third-order valence-electron chi connectivity index (χ3n) is 3.82. The number of likely N-dealkylation sites (N-methyl/N-ethyl adjacent to an activating group) is 1. The molecular weight excluding hydrogens is 266 g/mol. The average Bonchev–Trinajstić information content (AvgIpc) is 2.48. The lowest BCUT2D eigenvalue weighted by molar-refractivity contribution is -0.127. The van der Waals surface area contributed by atoms with E-state index in [2.05, 4.69) is 28.5 Å². The summed E-state index contributed by atoms with van der Waals surface area (Å²) in [4.78, 5) is 14.4. The molecule has 0 spiro atoms. The largest absolute Gasteiger partial charge is 0.496 e. The molecule has 0 radical (unpaired) electrons. The number of hydrogen-bond donors (Lipinski definition) is 2. The van der Waals surface area contributed by atoms with Gasteiger partial charge in [0.25, 0.3) is 0 Å². The molecule has 5 heteroatoms. The van der Waals surface area contributed by atoms with Crippen LogP contribution in [0.2, 0.25) is 0 Å². The summed E-state index contributed by atoms with van der Waals surface area (Å²) in [6.45, 7) is 7.87. The number of rotatable bonds is 5. The molecule has 1 atom stereocenters. The summed E-state index contributed by atoms with van der Waals surface area (Å²) < 4.78 is 5.44. The molecule has 21 heavy (non-hydrogen) atoms. The maximum atomic E-state index is 12.2. The number of ether oxygens (including phenoxy) is 1. The Morgan fingerprint density at radius 3 is 3.05 bits per heavy atom. The molecule has 0 aliphatic carbocycles. The van der Waals surface area contributed by atoms with E-state index in [4.69, 9.17) is 4.74 Å². The summed E-state index contributed by atoms with van der Waals surface area (Å²) in [5.74, 6) is 0.977. The molecule has 1 unspecified atom stereocenters. The second kappa shape index (κ2) is 7.43. The summed E-state index contributed by atoms with van der Waals surface area (Å²) >= 11 is 0. The quantitative estimate of drug-likeness (QED) is 0.847. The highest BCUT2D eigenvalue weighted by molar-refractivity contribution is 5.82. The van der Waals surface area contributed by atoms with Gasteiger partial charge in [0.2, 0.25) is 5.91 Å². The van der Waals surface area contributed by atoms with Crippen molar-refractivity contribution in [2.45, 2.75) is 26.4 Å². The SMILES string of the molecule is CCNC(=O)C1CNCCN1Cc1cc(C)ccc1OC. The molecule has 1 aromatic carbocycles. The van der Waals surface area contributed by atoms with Crippen LogP contribution in [0.4, 0.5) is 0 Å². The van der Waals surface area contributed by atoms with E-state index in [0.717, 1.165) is 30.9 Å². The molecule has 0 bridgehead atoms. The first kappa shape index (κ1) is 15.8. The average molecular weight is 291 g/mol. The molecule has 5 nitrogen and oxygen atoms in total. The normalized spacial score (nSPS) is 19.3. The lowest BCUT2D eigenvalue weighted by atomic mass is 10.1. The summed E-state index contributed by atoms with van der Waals surface area (Å²) in [5.41, 5.74) is 2.34. The van der Waals surface area contributed by atoms with Gasteiger partial charge in [-0.25, -0.2) is 0 Å². The smallest absolute Gasteiger partial charge is 0.238 e. The van der Waals surface area contributed by atoms with Crippen molar-refractivity contribution in [1.29, 1.82) is 0 Å². The van der Waals surface area contributed by atoms with E-state index in [1.54, 1.807) is 7.11 Å². The van der Waals surface area contributed by atoms with Crippen LogP contribution in [-0.2, 0) is 11.3 Å². The Morgan fingerprint density at radius 1 is 1.52 bits per heavy atom. The molecule has 1 heterocycles. The number of aryl methyl sites for hydroxylation is 1. The maximum absolute atomic E-state index is 12.2. The third-order valence-corrected chi connectivity index (χ3v) is 3.82. The second-order valence-electron chi connectivity index (χ2n) is 5.40. The van der Waals surface area contributed by atoms with Gasteiger partial charge in [-0.2, -0.15) is 0 Å². The van der Waals surface area contributed by atoms with Crippen molar-refractivity contribution in [1.82, 2.24) is 15.5 Å². The van der Waals surface area contributed by atoms with Crippen molar-refractivity contribution < 1.29 is 9.53 Å². The first-order chi connectivity index (χ1) is 10.2. The van der Waals surface area contributed by atoms with Gasteiger partial charge in [0, 0.05) is 38.3 Å². The van der Waals surface area contributed by atoms with Gasteiger partial charge in [0.05, 0.1) is 7.11 Å². The van der Waals surface area contributed by atoms with Gasteiger partial charge in [-0.3, -0.25) is 9.69 Å². The fourth-order valence-corrected chi connectivity index (χ4v) is 2.74. The number of nitrogens with one attached hydrogen (secondary N) is 2. The lowest BCUT2D eigenvalue weighted by Crippen LogP contribution is -2.57. The maximum Gasteiger partial charge on any atom is 0.238 e. The zero-order valence-corrected chi connectivity index (χ0v) is 13.1. The standard InChI is InChI=1S/C16H25N3O2/c1-4-18-16(20)14-10-17-7-8-19(14)11-13-9-12(2)5-6-15(13)21-3/h5-6,9,14,17H,4,7-8,10-11H2,1-3H3,(H,18,20). The third kappa shape index (κ3) is 3.95. The zero-order chi connectivity index (χ0) is 15.2. The fraction of sp³-hybridized carbons (Fsp3) is 0.562. The summed E-state index contributed by atoms with van der Waals surface area (Å²) in [6.07, 6.45) is 0. The van der Waals surface area contributed by atoms with E-state index < -0.39 is 0 Å². The summed E-state index contributed by atoms with van der Waals surface area (Å²) in [5, 5.41) is 6.22. The first-order valence-electron chi connectivity index (χ1n) is 7.51. The van der Waals surface area contributed by atoms with Gasteiger partial charge in [0.15, 0.2) is 0 Å². The molecular formula is C16H25N3O2. The van der Waals surface area contributed by atoms with Crippen LogP contribution in [0.5, 0.6) is 5.75 Å². The molecule has 2 rings (SSSR count). The van der Waals surface area contributed by atoms with Crippen LogP contribution in [0, 0.1) is 6.92 Å². The van der Waals surface area contributed by atoms with Crippen LogP contribution in [0.1, 0.15) is 18.1 Å². The highest BCUT2D eigenvalue weighted by Gasteiger charge is 2.28. The van der Waals surface area contributed by atoms with Crippen molar-refractivity contribution in [3.05, 3.63) is 29.3 Å². The Bertz CT molecular complexity index is 490. The molecule has 1 saturated heterocycles. The van der Waals surface area contributed by atoms with Crippen LogP contribution in [0.25, 0.3) is 0 Å². The van der Waals surface area contributed by atoms with E-state index in [1.165, 1.54) is 5.56 Å². The molecule has 0 aromatic heterocycles. The Labute approximate surface area is 126 Å². The number of carbonyl (C=O) groups is 1. The van der Waals surface area contributed by atoms with Crippen LogP contribution in [0.3, 0.4) is 0 Å². The zero-order valence-electron chi connectivity index (χ0n) is 13.1. The van der Waals surface area contributed by atoms with E-state index in [-0.39, 0.29) is 11.9 Å². The molecule has 1 aliphatic rings. The minimum atomic E-state index is -0.121. The number of benzene rings is 1. The predicted octanol–water partition coefficient (Wildman–Crippen LogP) is 0.914. The van der Waals surface area contributed by atoms with Crippen molar-refractivity contribution in [2.24, 2.45) is 0 Å². The molecule has 1 aromatic rings. The first-order valence-corrected chi connectivity index (χ1v) is 7.51. The van der Waals surface area contributed by atoms with Gasteiger partial charge >= 0.3 is 0 Å². The highest BCUT2D eigenvalue weighted by Crippen LogP contribution is 2.22. The van der Waals surface area contributed by atoms with Crippen molar-refractivity contribution in [3.63, 3.8) is 0 Å². The van der Waals surface area contributed by atoms with Gasteiger partial charge < -0.3 is 15.4 Å². The molecule has 1 aliphatic heterocycles. The fourth-order valence-electron chi connectivity index (χ4n) is 2.74. The van der Waals surface area contributed by atoms with Crippen LogP contribution in [-0.4, -0.2) is 50.1 Å². The van der Waals surface area contributed by atoms with Gasteiger partial charge in [0.1, 0.15) is 11.8 Å². The van der Waals surface area contributed by atoms with Crippen molar-refractivity contribution in [2.75, 3.05) is 33.3 Å². The molecule has 116 valence electrons. The molecule has 2 N–H and O–H groups in total. The Balaban J connectivity index is 2.15. The van der Waals surface area contributed by atoms with Crippen molar-refractivity contribution >= 4 is 5.91 Å². The van der Waals surface area contributed by atoms with Crippen LogP contribution in [0.15, 0.2) is 18.2 Å². The highest BCUT2D eigenvalue weighted by atomic mass is 16.5. The topological polar surface area (TPSA) is 53.6 Å². The number of methoxy groups -OCH3 is 1. The molecule has 1 fully saturated rings. The number of nitrogens with zero attached hydrogens (tertiary/aromatic N) is 1. The number of hydrogen-bond acceptors (Lipinski definition) is 4. The van der Waals surface area contributed by atoms with Gasteiger partial charge in [-0.15, -0.1) is 0 Å². The van der Waals surface area contributed by atoms with E-state index >= 15 is 0 Å². The second-order valence-corrected chi connectivity index (χ2v) is 5.40. The summed E-state index contributed by atoms with van der Waals surface area (Å²) in [6, 6.07) is 6.05. The molecule has 0 saturated carbocycles. The van der Waals surface area contributed by atoms with E-state index in [9.17, 15) is 4.79 Å². The molecule has 1 amide bonds. The Hall–Kier alpha value is -1.59. The van der Waals surface area contributed by atoms with E-state index in [1.807, 2.05) is 19.1 Å². The van der Waals surface area contributed by atoms with Crippen LogP contribution < -0.4 is 15.4 Å². The minimum Gasteiger partial charge on any atom is -0.496 e. The Kier molecular flexibility index (Phi) is 5.59. The minimum absolute atomic E-state index is 0.0938. The van der Waals surface area contributed by atoms with Crippen molar-refractivity contribution in [3.8, 4) is 5.75 Å². The van der Waals surface area contributed by atoms with Crippen LogP contribution >= 0.6 is 0 Å². The van der Waals surface area contributed by atoms with E-state index in [0.29, 0.717) is 13.1 Å². The number of amides is 1. The van der Waals surface area contributed by atoms with Gasteiger partial charge in [-0.1, -0.05) is 17.7 Å². The monoisotopic (exact) mass is 291 g/mol. The number of carbonyl (C=O) groups excluding carboxylic acids is 1. The predicted molar refractivity (Wildman–Crippen MR) is 83.5 cm³/mol. The summed E-state index contributed by atoms with van der Waals surface area (Å²) in [7, 11) is 1.69. The van der Waals surface area contributed by atoms with Gasteiger partial charge in [-0.05, 0) is 19.9 Å².